The lowest BCUT2D eigenvalue weighted by molar-refractivity contribution is 1.07. The third kappa shape index (κ3) is 2.97. The molecule has 4 rings (SSSR count). The van der Waals surface area contributed by atoms with Gasteiger partial charge in [0.2, 0.25) is 0 Å². The van der Waals surface area contributed by atoms with Gasteiger partial charge in [-0.25, -0.2) is 9.98 Å². The van der Waals surface area contributed by atoms with E-state index in [1.165, 1.54) is 20.9 Å². The van der Waals surface area contributed by atoms with Crippen molar-refractivity contribution in [3.05, 3.63) is 61.5 Å². The van der Waals surface area contributed by atoms with Crippen LogP contribution in [-0.4, -0.2) is 13.9 Å². The molecule has 2 heterocycles. The van der Waals surface area contributed by atoms with Crippen molar-refractivity contribution in [3.8, 4) is 5.69 Å². The largest absolute Gasteiger partial charge is 0.297 e. The van der Waals surface area contributed by atoms with Crippen LogP contribution in [-0.2, 0) is 0 Å². The molecule has 0 saturated carbocycles. The van der Waals surface area contributed by atoms with Crippen LogP contribution < -0.4 is 4.67 Å². The van der Waals surface area contributed by atoms with E-state index in [9.17, 15) is 0 Å². The maximum Gasteiger partial charge on any atom is 0.179 e. The number of rotatable bonds is 2. The van der Waals surface area contributed by atoms with E-state index in [0.717, 1.165) is 31.4 Å². The molecule has 0 aliphatic heterocycles. The van der Waals surface area contributed by atoms with Crippen LogP contribution in [0.1, 0.15) is 0 Å². The molecule has 0 fully saturated rings. The first kappa shape index (κ1) is 16.4. The van der Waals surface area contributed by atoms with Gasteiger partial charge >= 0.3 is 0 Å². The van der Waals surface area contributed by atoms with E-state index in [4.69, 9.17) is 11.6 Å². The quantitative estimate of drug-likeness (QED) is 0.318. The number of aromatic nitrogens is 3. The highest BCUT2D eigenvalue weighted by Gasteiger charge is 2.13. The highest BCUT2D eigenvalue weighted by atomic mass is 79.9. The van der Waals surface area contributed by atoms with Crippen LogP contribution in [0.3, 0.4) is 0 Å². The fraction of sp³-hybridized carbons (Fsp3) is 0. The zero-order valence-corrected chi connectivity index (χ0v) is 17.3. The normalized spacial score (nSPS) is 12.2. The Morgan fingerprint density at radius 1 is 1.12 bits per heavy atom. The molecule has 2 aromatic carbocycles. The van der Waals surface area contributed by atoms with Gasteiger partial charge in [0.05, 0.1) is 22.4 Å². The second-order valence-electron chi connectivity index (χ2n) is 4.82. The molecule has 0 unspecified atom stereocenters. The summed E-state index contributed by atoms with van der Waals surface area (Å²) in [4.78, 5) is 9.00. The molecule has 0 atom stereocenters. The molecule has 4 nitrogen and oxygen atoms in total. The van der Waals surface area contributed by atoms with Crippen LogP contribution in [0.4, 0.5) is 5.69 Å². The van der Waals surface area contributed by atoms with Gasteiger partial charge < -0.3 is 0 Å². The summed E-state index contributed by atoms with van der Waals surface area (Å²) in [5.41, 5.74) is 3.75. The van der Waals surface area contributed by atoms with Gasteiger partial charge in [-0.3, -0.25) is 4.57 Å². The Kier molecular flexibility index (Phi) is 4.57. The number of hydrogen-bond acceptors (Lipinski definition) is 5. The molecule has 9 heteroatoms. The van der Waals surface area contributed by atoms with E-state index >= 15 is 0 Å². The number of nitrogens with zero attached hydrogens (tertiary/aromatic N) is 4. The summed E-state index contributed by atoms with van der Waals surface area (Å²) in [5.74, 6) is 0. The molecule has 0 amide bonds. The average Bonchev–Trinajstić information content (AvgIpc) is 3.14. The van der Waals surface area contributed by atoms with Gasteiger partial charge in [0.25, 0.3) is 0 Å². The summed E-state index contributed by atoms with van der Waals surface area (Å²) in [5, 5.41) is 0.432. The number of imidazole rings is 1. The third-order valence-corrected chi connectivity index (χ3v) is 6.72. The minimum absolute atomic E-state index is 0.432. The lowest BCUT2D eigenvalue weighted by atomic mass is 10.2. The maximum atomic E-state index is 6.03. The van der Waals surface area contributed by atoms with Crippen molar-refractivity contribution in [2.24, 2.45) is 4.99 Å². The van der Waals surface area contributed by atoms with E-state index in [1.54, 1.807) is 0 Å². The zero-order valence-electron chi connectivity index (χ0n) is 11.8. The Morgan fingerprint density at radius 3 is 2.58 bits per heavy atom. The Hall–Kier alpha value is -1.06. The molecule has 120 valence electrons. The van der Waals surface area contributed by atoms with Crippen LogP contribution in [0.5, 0.6) is 0 Å². The first-order valence-electron chi connectivity index (χ1n) is 6.71. The first-order valence-corrected chi connectivity index (χ1v) is 10.8. The molecule has 0 N–H and O–H groups in total. The smallest absolute Gasteiger partial charge is 0.179 e. The van der Waals surface area contributed by atoms with E-state index in [2.05, 4.69) is 46.2 Å². The van der Waals surface area contributed by atoms with Gasteiger partial charge in [-0.1, -0.05) is 23.7 Å². The number of halogens is 3. The van der Waals surface area contributed by atoms with Crippen molar-refractivity contribution in [1.82, 2.24) is 13.9 Å². The van der Waals surface area contributed by atoms with Crippen molar-refractivity contribution in [3.63, 3.8) is 0 Å². The summed E-state index contributed by atoms with van der Waals surface area (Å²) in [6, 6.07) is 11.9. The van der Waals surface area contributed by atoms with Gasteiger partial charge in [0, 0.05) is 19.5 Å². The minimum Gasteiger partial charge on any atom is -0.297 e. The average molecular weight is 503 g/mol. The van der Waals surface area contributed by atoms with Crippen molar-refractivity contribution >= 4 is 81.1 Å². The van der Waals surface area contributed by atoms with E-state index in [-0.39, 0.29) is 0 Å². The van der Waals surface area contributed by atoms with Crippen molar-refractivity contribution < 1.29 is 0 Å². The molecular weight excluding hydrogens is 496 g/mol. The fourth-order valence-electron chi connectivity index (χ4n) is 2.33. The summed E-state index contributed by atoms with van der Waals surface area (Å²) >= 11 is 13.3. The summed E-state index contributed by atoms with van der Waals surface area (Å²) in [6.07, 6.45) is 1.81. The molecule has 0 aliphatic carbocycles. The van der Waals surface area contributed by atoms with Gasteiger partial charge in [0.15, 0.2) is 9.82 Å². The lowest BCUT2D eigenvalue weighted by Crippen LogP contribution is -1.96. The van der Waals surface area contributed by atoms with Crippen LogP contribution in [0.2, 0.25) is 5.15 Å². The SMILES string of the molecule is Clc1nssc1=Nc1cc(Br)c(-n2cnc3ccccc32)c(Br)c1. The highest BCUT2D eigenvalue weighted by molar-refractivity contribution is 9.11. The molecule has 24 heavy (non-hydrogen) atoms. The summed E-state index contributed by atoms with van der Waals surface area (Å²) < 4.78 is 8.60. The number of hydrogen-bond donors (Lipinski definition) is 0. The van der Waals surface area contributed by atoms with Gasteiger partial charge in [-0.05, 0) is 66.5 Å². The summed E-state index contributed by atoms with van der Waals surface area (Å²) in [6.45, 7) is 0. The standard InChI is InChI=1S/C15H7Br2ClN4S2/c16-9-5-8(20-15-14(18)21-24-23-15)6-10(17)13(9)22-7-19-11-3-1-2-4-12(11)22/h1-7H. The number of para-hydroxylation sites is 2. The van der Waals surface area contributed by atoms with Crippen LogP contribution in [0.25, 0.3) is 16.7 Å². The molecule has 0 spiro atoms. The fourth-order valence-corrected chi connectivity index (χ4v) is 5.86. The van der Waals surface area contributed by atoms with Gasteiger partial charge in [-0.15, -0.1) is 0 Å². The number of fused-ring (bicyclic) bond motifs is 1. The molecule has 0 bridgehead atoms. The molecule has 0 radical (unpaired) electrons. The predicted molar refractivity (Wildman–Crippen MR) is 107 cm³/mol. The Balaban J connectivity index is 1.88. The molecule has 4 aromatic rings. The van der Waals surface area contributed by atoms with Crippen molar-refractivity contribution in [2.75, 3.05) is 0 Å². The van der Waals surface area contributed by atoms with E-state index in [0.29, 0.717) is 9.82 Å². The Morgan fingerprint density at radius 2 is 1.88 bits per heavy atom. The van der Waals surface area contributed by atoms with E-state index in [1.807, 2.05) is 47.3 Å². The van der Waals surface area contributed by atoms with Gasteiger partial charge in [-0.2, -0.15) is 4.37 Å². The van der Waals surface area contributed by atoms with Crippen molar-refractivity contribution in [2.45, 2.75) is 0 Å². The minimum atomic E-state index is 0.432. The van der Waals surface area contributed by atoms with Crippen LogP contribution >= 0.6 is 64.3 Å². The van der Waals surface area contributed by atoms with E-state index < -0.39 is 0 Å². The monoisotopic (exact) mass is 500 g/mol. The number of benzene rings is 2. The summed E-state index contributed by atoms with van der Waals surface area (Å²) in [7, 11) is 2.77. The van der Waals surface area contributed by atoms with Crippen LogP contribution in [0.15, 0.2) is 56.7 Å². The Labute approximate surface area is 166 Å². The highest BCUT2D eigenvalue weighted by Crippen LogP contribution is 2.35. The Bertz CT molecular complexity index is 1090. The molecular formula is C15H7Br2ClN4S2. The predicted octanol–water partition coefficient (Wildman–Crippen LogP) is 5.95. The lowest BCUT2D eigenvalue weighted by Gasteiger charge is -2.10. The van der Waals surface area contributed by atoms with Crippen LogP contribution in [0, 0.1) is 0 Å². The van der Waals surface area contributed by atoms with Gasteiger partial charge in [0.1, 0.15) is 6.33 Å². The zero-order chi connectivity index (χ0) is 16.7. The first-order chi connectivity index (χ1) is 11.6. The topological polar surface area (TPSA) is 43.1 Å². The molecule has 0 aliphatic rings. The maximum absolute atomic E-state index is 6.03. The second-order valence-corrected chi connectivity index (χ2v) is 8.72. The third-order valence-electron chi connectivity index (χ3n) is 3.34. The molecule has 2 aromatic heterocycles. The molecule has 0 saturated heterocycles. The van der Waals surface area contributed by atoms with Crippen molar-refractivity contribution in [1.29, 1.82) is 0 Å². The second kappa shape index (κ2) is 6.68.